The molecule has 0 aliphatic carbocycles. The summed E-state index contributed by atoms with van der Waals surface area (Å²) in [4.78, 5) is 11.8. The average Bonchev–Trinajstić information content (AvgIpc) is 2.25. The summed E-state index contributed by atoms with van der Waals surface area (Å²) in [5.41, 5.74) is 0.506. The molecule has 0 bridgehead atoms. The number of carbonyl (C=O) groups excluding carboxylic acids is 1. The van der Waals surface area contributed by atoms with Gasteiger partial charge < -0.3 is 10.4 Å². The van der Waals surface area contributed by atoms with Crippen LogP contribution >= 0.6 is 11.6 Å². The van der Waals surface area contributed by atoms with E-state index in [2.05, 4.69) is 5.32 Å². The Morgan fingerprint density at radius 2 is 2.19 bits per heavy atom. The monoisotopic (exact) mass is 241 g/mol. The van der Waals surface area contributed by atoms with Crippen LogP contribution in [-0.2, 0) is 0 Å². The number of benzene rings is 1. The van der Waals surface area contributed by atoms with Crippen molar-refractivity contribution in [3.05, 3.63) is 34.9 Å². The van der Waals surface area contributed by atoms with Gasteiger partial charge in [0.05, 0.1) is 12.6 Å². The molecule has 0 unspecified atom stereocenters. The first-order valence-corrected chi connectivity index (χ1v) is 5.59. The van der Waals surface area contributed by atoms with Gasteiger partial charge in [-0.2, -0.15) is 0 Å². The van der Waals surface area contributed by atoms with E-state index in [1.165, 1.54) is 0 Å². The molecule has 2 N–H and O–H groups in total. The summed E-state index contributed by atoms with van der Waals surface area (Å²) in [6.45, 7) is 3.82. The molecule has 0 heterocycles. The highest BCUT2D eigenvalue weighted by Gasteiger charge is 2.16. The van der Waals surface area contributed by atoms with E-state index >= 15 is 0 Å². The summed E-state index contributed by atoms with van der Waals surface area (Å²) in [6.07, 6.45) is 0. The highest BCUT2D eigenvalue weighted by atomic mass is 35.5. The lowest BCUT2D eigenvalue weighted by atomic mass is 10.0. The lowest BCUT2D eigenvalue weighted by Gasteiger charge is -2.19. The first-order valence-electron chi connectivity index (χ1n) is 5.22. The van der Waals surface area contributed by atoms with Crippen LogP contribution in [0.4, 0.5) is 0 Å². The predicted octanol–water partition coefficient (Wildman–Crippen LogP) is 2.09. The highest BCUT2D eigenvalue weighted by molar-refractivity contribution is 6.30. The summed E-state index contributed by atoms with van der Waals surface area (Å²) in [5, 5.41) is 12.4. The maximum atomic E-state index is 11.8. The van der Waals surface area contributed by atoms with Crippen LogP contribution in [0.5, 0.6) is 0 Å². The third-order valence-electron chi connectivity index (χ3n) is 2.40. The van der Waals surface area contributed by atoms with Gasteiger partial charge in [-0.25, -0.2) is 0 Å². The van der Waals surface area contributed by atoms with Gasteiger partial charge in [0.2, 0.25) is 0 Å². The highest BCUT2D eigenvalue weighted by Crippen LogP contribution is 2.11. The average molecular weight is 242 g/mol. The topological polar surface area (TPSA) is 49.3 Å². The number of hydrogen-bond donors (Lipinski definition) is 2. The minimum Gasteiger partial charge on any atom is -0.394 e. The van der Waals surface area contributed by atoms with Gasteiger partial charge in [-0.1, -0.05) is 31.5 Å². The lowest BCUT2D eigenvalue weighted by Crippen LogP contribution is -2.41. The van der Waals surface area contributed by atoms with Crippen LogP contribution in [0.2, 0.25) is 5.02 Å². The molecule has 3 nitrogen and oxygen atoms in total. The number of aliphatic hydroxyl groups is 1. The molecule has 0 saturated carbocycles. The maximum absolute atomic E-state index is 11.8. The molecular weight excluding hydrogens is 226 g/mol. The molecule has 16 heavy (non-hydrogen) atoms. The maximum Gasteiger partial charge on any atom is 0.251 e. The Morgan fingerprint density at radius 1 is 1.50 bits per heavy atom. The number of nitrogens with one attached hydrogen (secondary N) is 1. The van der Waals surface area contributed by atoms with Crippen LogP contribution in [-0.4, -0.2) is 23.7 Å². The van der Waals surface area contributed by atoms with Crippen LogP contribution in [0.1, 0.15) is 24.2 Å². The molecule has 0 aliphatic heterocycles. The van der Waals surface area contributed by atoms with Crippen molar-refractivity contribution in [2.45, 2.75) is 19.9 Å². The molecule has 1 rings (SSSR count). The summed E-state index contributed by atoms with van der Waals surface area (Å²) in [6, 6.07) is 6.50. The second kappa shape index (κ2) is 5.87. The first kappa shape index (κ1) is 13.0. The van der Waals surface area contributed by atoms with E-state index in [9.17, 15) is 4.79 Å². The van der Waals surface area contributed by atoms with Gasteiger partial charge in [0.1, 0.15) is 0 Å². The quantitative estimate of drug-likeness (QED) is 0.848. The molecule has 0 spiro atoms. The summed E-state index contributed by atoms with van der Waals surface area (Å²) in [7, 11) is 0. The van der Waals surface area contributed by atoms with Crippen molar-refractivity contribution < 1.29 is 9.90 Å². The zero-order chi connectivity index (χ0) is 12.1. The Balaban J connectivity index is 2.72. The largest absolute Gasteiger partial charge is 0.394 e. The van der Waals surface area contributed by atoms with Crippen LogP contribution in [0.15, 0.2) is 24.3 Å². The van der Waals surface area contributed by atoms with Gasteiger partial charge >= 0.3 is 0 Å². The zero-order valence-corrected chi connectivity index (χ0v) is 10.2. The molecule has 0 aliphatic rings. The summed E-state index contributed by atoms with van der Waals surface area (Å²) < 4.78 is 0. The molecule has 0 aromatic heterocycles. The second-order valence-corrected chi connectivity index (χ2v) is 4.45. The van der Waals surface area contributed by atoms with Gasteiger partial charge in [-0.15, -0.1) is 0 Å². The predicted molar refractivity (Wildman–Crippen MR) is 64.6 cm³/mol. The third kappa shape index (κ3) is 3.51. The van der Waals surface area contributed by atoms with Crippen molar-refractivity contribution >= 4 is 17.5 Å². The van der Waals surface area contributed by atoms with Gasteiger partial charge in [0, 0.05) is 10.6 Å². The number of carbonyl (C=O) groups is 1. The zero-order valence-electron chi connectivity index (χ0n) is 9.40. The van der Waals surface area contributed by atoms with E-state index in [-0.39, 0.29) is 24.5 Å². The van der Waals surface area contributed by atoms with Gasteiger partial charge in [0.15, 0.2) is 0 Å². The number of aliphatic hydroxyl groups excluding tert-OH is 1. The molecule has 0 radical (unpaired) electrons. The first-order chi connectivity index (χ1) is 7.54. The molecule has 1 aromatic carbocycles. The van der Waals surface area contributed by atoms with Crippen molar-refractivity contribution in [1.82, 2.24) is 5.32 Å². The Morgan fingerprint density at radius 3 is 2.69 bits per heavy atom. The molecule has 1 atom stereocenters. The normalized spacial score (nSPS) is 12.6. The van der Waals surface area contributed by atoms with E-state index in [1.54, 1.807) is 24.3 Å². The van der Waals surface area contributed by atoms with E-state index in [0.717, 1.165) is 0 Å². The van der Waals surface area contributed by atoms with Crippen LogP contribution in [0.3, 0.4) is 0 Å². The molecular formula is C12H16ClNO2. The number of amides is 1. The molecule has 4 heteroatoms. The van der Waals surface area contributed by atoms with Crippen molar-refractivity contribution in [3.63, 3.8) is 0 Å². The Kier molecular flexibility index (Phi) is 4.77. The van der Waals surface area contributed by atoms with Crippen LogP contribution in [0, 0.1) is 5.92 Å². The standard InChI is InChI=1S/C12H16ClNO2/c1-8(2)11(7-15)14-12(16)9-4-3-5-10(13)6-9/h3-6,8,11,15H,7H2,1-2H3,(H,14,16)/t11-/m0/s1. The van der Waals surface area contributed by atoms with Crippen molar-refractivity contribution in [2.24, 2.45) is 5.92 Å². The fraction of sp³-hybridized carbons (Fsp3) is 0.417. The summed E-state index contributed by atoms with van der Waals surface area (Å²) >= 11 is 5.79. The van der Waals surface area contributed by atoms with Gasteiger partial charge in [-0.05, 0) is 24.1 Å². The molecule has 0 fully saturated rings. The fourth-order valence-corrected chi connectivity index (χ4v) is 1.49. The Labute approximate surface area is 100 Å². The van der Waals surface area contributed by atoms with Crippen molar-refractivity contribution in [2.75, 3.05) is 6.61 Å². The molecule has 88 valence electrons. The van der Waals surface area contributed by atoms with Gasteiger partial charge in [0.25, 0.3) is 5.91 Å². The smallest absolute Gasteiger partial charge is 0.251 e. The number of rotatable bonds is 4. The van der Waals surface area contributed by atoms with Crippen LogP contribution in [0.25, 0.3) is 0 Å². The second-order valence-electron chi connectivity index (χ2n) is 4.02. The number of halogens is 1. The fourth-order valence-electron chi connectivity index (χ4n) is 1.30. The lowest BCUT2D eigenvalue weighted by molar-refractivity contribution is 0.0897. The van der Waals surface area contributed by atoms with E-state index in [4.69, 9.17) is 16.7 Å². The van der Waals surface area contributed by atoms with Gasteiger partial charge in [-0.3, -0.25) is 4.79 Å². The third-order valence-corrected chi connectivity index (χ3v) is 2.64. The minimum atomic E-state index is -0.230. The number of hydrogen-bond acceptors (Lipinski definition) is 2. The van der Waals surface area contributed by atoms with E-state index in [1.807, 2.05) is 13.8 Å². The SMILES string of the molecule is CC(C)[C@H](CO)NC(=O)c1cccc(Cl)c1. The van der Waals surface area contributed by atoms with E-state index in [0.29, 0.717) is 10.6 Å². The van der Waals surface area contributed by atoms with Crippen LogP contribution < -0.4 is 5.32 Å². The molecule has 0 saturated heterocycles. The van der Waals surface area contributed by atoms with Crippen molar-refractivity contribution in [3.8, 4) is 0 Å². The molecule has 1 amide bonds. The summed E-state index contributed by atoms with van der Waals surface area (Å²) in [5.74, 6) is -0.0246. The van der Waals surface area contributed by atoms with Crippen molar-refractivity contribution in [1.29, 1.82) is 0 Å². The Hall–Kier alpha value is -1.06. The molecule has 1 aromatic rings. The Bertz CT molecular complexity index is 366. The van der Waals surface area contributed by atoms with E-state index < -0.39 is 0 Å². The minimum absolute atomic E-state index is 0.0655.